The van der Waals surface area contributed by atoms with E-state index in [9.17, 15) is 9.59 Å². The van der Waals surface area contributed by atoms with Crippen molar-refractivity contribution in [3.05, 3.63) is 24.3 Å². The normalized spacial score (nSPS) is 27.8. The number of anilines is 1. The number of fused-ring (bicyclic) bond motifs is 2. The number of amides is 2. The zero-order chi connectivity index (χ0) is 17.3. The standard InChI is InChI=1S/C18H25N3O3/c1-21(2)15(22)10-24-14-5-3-4-13(9-14)20-18(23)16-11-6-7-12(8-11)17(16)19/h3-5,9,11-12,16-17H,6-8,10,19H2,1-2H3,(H,20,23). The van der Waals surface area contributed by atoms with Crippen LogP contribution in [0.4, 0.5) is 5.69 Å². The molecule has 130 valence electrons. The van der Waals surface area contributed by atoms with Gasteiger partial charge in [0.2, 0.25) is 5.91 Å². The van der Waals surface area contributed by atoms with E-state index in [-0.39, 0.29) is 30.4 Å². The van der Waals surface area contributed by atoms with Crippen molar-refractivity contribution in [2.75, 3.05) is 26.0 Å². The fraction of sp³-hybridized carbons (Fsp3) is 0.556. The van der Waals surface area contributed by atoms with E-state index in [1.165, 1.54) is 4.90 Å². The molecule has 6 heteroatoms. The highest BCUT2D eigenvalue weighted by Gasteiger charge is 2.49. The van der Waals surface area contributed by atoms with Gasteiger partial charge < -0.3 is 20.7 Å². The van der Waals surface area contributed by atoms with Crippen molar-refractivity contribution in [3.8, 4) is 5.75 Å². The number of nitrogens with zero attached hydrogens (tertiary/aromatic N) is 1. The third-order valence-corrected chi connectivity index (χ3v) is 5.25. The van der Waals surface area contributed by atoms with E-state index in [1.54, 1.807) is 32.3 Å². The first-order valence-electron chi connectivity index (χ1n) is 8.45. The van der Waals surface area contributed by atoms with Crippen LogP contribution in [0, 0.1) is 17.8 Å². The number of benzene rings is 1. The Bertz CT molecular complexity index is 630. The summed E-state index contributed by atoms with van der Waals surface area (Å²) in [4.78, 5) is 25.6. The average molecular weight is 331 g/mol. The molecule has 3 N–H and O–H groups in total. The number of ether oxygens (including phenoxy) is 1. The summed E-state index contributed by atoms with van der Waals surface area (Å²) in [6.07, 6.45) is 3.33. The maximum atomic E-state index is 12.6. The van der Waals surface area contributed by atoms with Gasteiger partial charge in [0.25, 0.3) is 5.91 Å². The summed E-state index contributed by atoms with van der Waals surface area (Å²) in [5.41, 5.74) is 6.90. The second-order valence-corrected chi connectivity index (χ2v) is 7.03. The van der Waals surface area contributed by atoms with Crippen molar-refractivity contribution >= 4 is 17.5 Å². The molecule has 3 rings (SSSR count). The lowest BCUT2D eigenvalue weighted by molar-refractivity contribution is -0.130. The Kier molecular flexibility index (Phi) is 4.76. The van der Waals surface area contributed by atoms with Crippen LogP contribution in [0.3, 0.4) is 0 Å². The Morgan fingerprint density at radius 3 is 2.71 bits per heavy atom. The van der Waals surface area contributed by atoms with Crippen molar-refractivity contribution in [1.29, 1.82) is 0 Å². The minimum atomic E-state index is -0.114. The van der Waals surface area contributed by atoms with Gasteiger partial charge in [0, 0.05) is 31.9 Å². The van der Waals surface area contributed by atoms with Crippen molar-refractivity contribution in [1.82, 2.24) is 4.90 Å². The van der Waals surface area contributed by atoms with Gasteiger partial charge in [-0.25, -0.2) is 0 Å². The second kappa shape index (κ2) is 6.81. The Labute approximate surface area is 142 Å². The number of carbonyl (C=O) groups is 2. The topological polar surface area (TPSA) is 84.7 Å². The SMILES string of the molecule is CN(C)C(=O)COc1cccc(NC(=O)C2C3CCC(C3)C2N)c1. The zero-order valence-corrected chi connectivity index (χ0v) is 14.2. The number of carbonyl (C=O) groups excluding carboxylic acids is 2. The molecule has 0 aliphatic heterocycles. The summed E-state index contributed by atoms with van der Waals surface area (Å²) < 4.78 is 5.48. The number of nitrogens with two attached hydrogens (primary N) is 1. The van der Waals surface area contributed by atoms with Gasteiger partial charge in [-0.05, 0) is 43.2 Å². The summed E-state index contributed by atoms with van der Waals surface area (Å²) in [5.74, 6) is 1.26. The van der Waals surface area contributed by atoms with E-state index in [0.29, 0.717) is 23.3 Å². The van der Waals surface area contributed by atoms with Gasteiger partial charge in [0.15, 0.2) is 6.61 Å². The fourth-order valence-electron chi connectivity index (χ4n) is 3.89. The molecule has 2 aliphatic carbocycles. The molecule has 0 aromatic heterocycles. The highest BCUT2D eigenvalue weighted by Crippen LogP contribution is 2.47. The molecule has 2 fully saturated rings. The van der Waals surface area contributed by atoms with Gasteiger partial charge in [-0.1, -0.05) is 6.07 Å². The Hall–Kier alpha value is -2.08. The van der Waals surface area contributed by atoms with Gasteiger partial charge in [-0.15, -0.1) is 0 Å². The van der Waals surface area contributed by atoms with Crippen molar-refractivity contribution in [2.45, 2.75) is 25.3 Å². The van der Waals surface area contributed by atoms with Crippen molar-refractivity contribution in [3.63, 3.8) is 0 Å². The minimum absolute atomic E-state index is 0.00350. The van der Waals surface area contributed by atoms with Crippen LogP contribution in [-0.2, 0) is 9.59 Å². The average Bonchev–Trinajstić information content (AvgIpc) is 3.13. The van der Waals surface area contributed by atoms with Gasteiger partial charge in [0.05, 0.1) is 5.92 Å². The third kappa shape index (κ3) is 3.38. The lowest BCUT2D eigenvalue weighted by atomic mass is 9.84. The van der Waals surface area contributed by atoms with Crippen LogP contribution >= 0.6 is 0 Å². The maximum Gasteiger partial charge on any atom is 0.259 e. The molecular weight excluding hydrogens is 306 g/mol. The van der Waals surface area contributed by atoms with Crippen LogP contribution in [0.2, 0.25) is 0 Å². The van der Waals surface area contributed by atoms with E-state index >= 15 is 0 Å². The lowest BCUT2D eigenvalue weighted by Crippen LogP contribution is -2.42. The van der Waals surface area contributed by atoms with Crippen LogP contribution in [0.25, 0.3) is 0 Å². The van der Waals surface area contributed by atoms with Gasteiger partial charge in [-0.2, -0.15) is 0 Å². The molecule has 0 saturated heterocycles. The zero-order valence-electron chi connectivity index (χ0n) is 14.2. The third-order valence-electron chi connectivity index (χ3n) is 5.25. The Morgan fingerprint density at radius 1 is 1.29 bits per heavy atom. The smallest absolute Gasteiger partial charge is 0.259 e. The van der Waals surface area contributed by atoms with E-state index < -0.39 is 0 Å². The molecule has 24 heavy (non-hydrogen) atoms. The minimum Gasteiger partial charge on any atom is -0.484 e. The fourth-order valence-corrected chi connectivity index (χ4v) is 3.89. The molecule has 0 heterocycles. The second-order valence-electron chi connectivity index (χ2n) is 7.03. The summed E-state index contributed by atoms with van der Waals surface area (Å²) in [5, 5.41) is 2.96. The van der Waals surface area contributed by atoms with E-state index in [2.05, 4.69) is 5.32 Å². The highest BCUT2D eigenvalue weighted by molar-refractivity contribution is 5.93. The predicted octanol–water partition coefficient (Wildman–Crippen LogP) is 1.47. The molecule has 2 amide bonds. The van der Waals surface area contributed by atoms with Crippen molar-refractivity contribution in [2.24, 2.45) is 23.5 Å². The molecule has 2 saturated carbocycles. The first kappa shape index (κ1) is 16.8. The van der Waals surface area contributed by atoms with E-state index in [4.69, 9.17) is 10.5 Å². The number of likely N-dealkylation sites (N-methyl/N-ethyl adjacent to an activating group) is 1. The lowest BCUT2D eigenvalue weighted by Gasteiger charge is -2.27. The molecule has 0 radical (unpaired) electrons. The van der Waals surface area contributed by atoms with Crippen LogP contribution in [0.1, 0.15) is 19.3 Å². The van der Waals surface area contributed by atoms with Gasteiger partial charge in [-0.3, -0.25) is 9.59 Å². The predicted molar refractivity (Wildman–Crippen MR) is 91.6 cm³/mol. The Balaban J connectivity index is 1.60. The van der Waals surface area contributed by atoms with Crippen molar-refractivity contribution < 1.29 is 14.3 Å². The molecule has 4 unspecified atom stereocenters. The Morgan fingerprint density at radius 2 is 2.04 bits per heavy atom. The summed E-state index contributed by atoms with van der Waals surface area (Å²) >= 11 is 0. The van der Waals surface area contributed by atoms with Gasteiger partial charge >= 0.3 is 0 Å². The van der Waals surface area contributed by atoms with E-state index in [0.717, 1.165) is 19.3 Å². The molecule has 4 atom stereocenters. The van der Waals surface area contributed by atoms with Crippen LogP contribution < -0.4 is 15.8 Å². The van der Waals surface area contributed by atoms with Crippen LogP contribution in [-0.4, -0.2) is 43.5 Å². The summed E-state index contributed by atoms with van der Waals surface area (Å²) in [6.45, 7) is -0.0261. The number of rotatable bonds is 5. The summed E-state index contributed by atoms with van der Waals surface area (Å²) in [6, 6.07) is 7.09. The first-order valence-corrected chi connectivity index (χ1v) is 8.45. The number of hydrogen-bond acceptors (Lipinski definition) is 4. The quantitative estimate of drug-likeness (QED) is 0.855. The highest BCUT2D eigenvalue weighted by atomic mass is 16.5. The molecule has 1 aromatic rings. The first-order chi connectivity index (χ1) is 11.5. The molecule has 0 spiro atoms. The van der Waals surface area contributed by atoms with Crippen LogP contribution in [0.5, 0.6) is 5.75 Å². The van der Waals surface area contributed by atoms with Gasteiger partial charge in [0.1, 0.15) is 5.75 Å². The summed E-state index contributed by atoms with van der Waals surface area (Å²) in [7, 11) is 3.36. The van der Waals surface area contributed by atoms with E-state index in [1.807, 2.05) is 6.07 Å². The number of nitrogens with one attached hydrogen (secondary N) is 1. The maximum absolute atomic E-state index is 12.6. The largest absolute Gasteiger partial charge is 0.484 e. The molecule has 2 aliphatic rings. The monoisotopic (exact) mass is 331 g/mol. The number of hydrogen-bond donors (Lipinski definition) is 2. The molecule has 1 aromatic carbocycles. The molecule has 2 bridgehead atoms. The molecule has 6 nitrogen and oxygen atoms in total. The van der Waals surface area contributed by atoms with Crippen LogP contribution in [0.15, 0.2) is 24.3 Å². The molecular formula is C18H25N3O3.